The normalized spacial score (nSPS) is 31.9. The molecule has 0 spiro atoms. The third kappa shape index (κ3) is 23.8. The van der Waals surface area contributed by atoms with Crippen molar-refractivity contribution in [2.45, 2.75) is 285 Å². The van der Waals surface area contributed by atoms with Crippen LogP contribution in [0.3, 0.4) is 0 Å². The molecule has 17 unspecified atom stereocenters. The summed E-state index contributed by atoms with van der Waals surface area (Å²) in [5, 5.41) is 120. The molecule has 0 aromatic rings. The highest BCUT2D eigenvalue weighted by Gasteiger charge is 2.53. The Morgan fingerprint density at radius 2 is 0.863 bits per heavy atom. The maximum absolute atomic E-state index is 13.3. The van der Waals surface area contributed by atoms with E-state index >= 15 is 0 Å². The molecule has 428 valence electrons. The second-order valence-corrected chi connectivity index (χ2v) is 20.4. The number of nitrogens with one attached hydrogen (secondary N) is 1. The Kier molecular flexibility index (Phi) is 34.8. The number of unbranched alkanes of at least 4 members (excludes halogenated alkanes) is 22. The minimum Gasteiger partial charge on any atom is -0.394 e. The fourth-order valence-corrected chi connectivity index (χ4v) is 9.54. The van der Waals surface area contributed by atoms with E-state index in [9.17, 15) is 61.0 Å². The Hall–Kier alpha value is -1.73. The highest BCUT2D eigenvalue weighted by Crippen LogP contribution is 2.33. The average molecular weight is 1050 g/mol. The van der Waals surface area contributed by atoms with Gasteiger partial charge in [0.2, 0.25) is 5.91 Å². The minimum absolute atomic E-state index is 0.234. The largest absolute Gasteiger partial charge is 0.394 e. The van der Waals surface area contributed by atoms with Gasteiger partial charge in [-0.2, -0.15) is 0 Å². The predicted molar refractivity (Wildman–Crippen MR) is 273 cm³/mol. The van der Waals surface area contributed by atoms with Crippen molar-refractivity contribution in [3.05, 3.63) is 24.3 Å². The van der Waals surface area contributed by atoms with Gasteiger partial charge in [-0.05, 0) is 44.9 Å². The zero-order chi connectivity index (χ0) is 53.4. The minimum atomic E-state index is -1.98. The van der Waals surface area contributed by atoms with Crippen molar-refractivity contribution in [2.24, 2.45) is 0 Å². The molecular formula is C54H99NO18. The predicted octanol–water partition coefficient (Wildman–Crippen LogP) is 3.59. The number of aliphatic hydroxyl groups is 11. The number of ether oxygens (including phenoxy) is 6. The van der Waals surface area contributed by atoms with E-state index < -0.39 is 124 Å². The fourth-order valence-electron chi connectivity index (χ4n) is 9.54. The lowest BCUT2D eigenvalue weighted by molar-refractivity contribution is -0.379. The maximum Gasteiger partial charge on any atom is 0.220 e. The molecule has 12 N–H and O–H groups in total. The van der Waals surface area contributed by atoms with Crippen molar-refractivity contribution in [3.63, 3.8) is 0 Å². The third-order valence-electron chi connectivity index (χ3n) is 14.2. The van der Waals surface area contributed by atoms with E-state index in [4.69, 9.17) is 28.4 Å². The topological polar surface area (TPSA) is 307 Å². The molecule has 3 rings (SSSR count). The molecule has 3 heterocycles. The van der Waals surface area contributed by atoms with Crippen LogP contribution in [0.15, 0.2) is 24.3 Å². The molecule has 1 amide bonds. The molecular weight excluding hydrogens is 951 g/mol. The summed E-state index contributed by atoms with van der Waals surface area (Å²) in [6, 6.07) is -0.973. The van der Waals surface area contributed by atoms with Gasteiger partial charge in [0.1, 0.15) is 73.2 Å². The number of carbonyl (C=O) groups excluding carboxylic acids is 1. The molecule has 0 bridgehead atoms. The van der Waals surface area contributed by atoms with E-state index in [1.165, 1.54) is 89.9 Å². The molecule has 0 saturated carbocycles. The molecule has 0 aromatic heterocycles. The van der Waals surface area contributed by atoms with Gasteiger partial charge in [0.15, 0.2) is 18.9 Å². The van der Waals surface area contributed by atoms with Gasteiger partial charge in [-0.3, -0.25) is 4.79 Å². The number of hydrogen-bond donors (Lipinski definition) is 12. The van der Waals surface area contributed by atoms with Gasteiger partial charge in [-0.1, -0.05) is 154 Å². The molecule has 0 aliphatic carbocycles. The first-order chi connectivity index (χ1) is 35.3. The van der Waals surface area contributed by atoms with E-state index in [1.54, 1.807) is 6.08 Å². The summed E-state index contributed by atoms with van der Waals surface area (Å²) < 4.78 is 34.2. The molecule has 3 saturated heterocycles. The molecule has 3 fully saturated rings. The summed E-state index contributed by atoms with van der Waals surface area (Å²) in [5.74, 6) is -0.286. The number of amides is 1. The van der Waals surface area contributed by atoms with Crippen molar-refractivity contribution >= 4 is 5.91 Å². The zero-order valence-electron chi connectivity index (χ0n) is 44.1. The lowest BCUT2D eigenvalue weighted by Gasteiger charge is -2.48. The van der Waals surface area contributed by atoms with Gasteiger partial charge in [0.25, 0.3) is 0 Å². The molecule has 0 aromatic carbocycles. The first-order valence-corrected chi connectivity index (χ1v) is 28.1. The molecule has 17 atom stereocenters. The van der Waals surface area contributed by atoms with Crippen LogP contribution in [0.5, 0.6) is 0 Å². The Labute approximate surface area is 435 Å². The summed E-state index contributed by atoms with van der Waals surface area (Å²) in [6.45, 7) is 1.68. The van der Waals surface area contributed by atoms with E-state index in [0.29, 0.717) is 6.42 Å². The highest BCUT2D eigenvalue weighted by molar-refractivity contribution is 5.76. The Bertz CT molecular complexity index is 1440. The van der Waals surface area contributed by atoms with Crippen molar-refractivity contribution in [2.75, 3.05) is 26.4 Å². The molecule has 19 nitrogen and oxygen atoms in total. The van der Waals surface area contributed by atoms with Crippen LogP contribution in [0.4, 0.5) is 0 Å². The Morgan fingerprint density at radius 3 is 1.33 bits per heavy atom. The smallest absolute Gasteiger partial charge is 0.220 e. The lowest BCUT2D eigenvalue weighted by Crippen LogP contribution is -2.66. The molecule has 3 aliphatic heterocycles. The van der Waals surface area contributed by atoms with E-state index in [0.717, 1.165) is 64.2 Å². The Morgan fingerprint density at radius 1 is 0.479 bits per heavy atom. The molecule has 73 heavy (non-hydrogen) atoms. The molecule has 0 radical (unpaired) electrons. The first kappa shape index (κ1) is 65.6. The summed E-state index contributed by atoms with van der Waals surface area (Å²) in [6.07, 6.45) is 10.2. The van der Waals surface area contributed by atoms with E-state index in [1.807, 2.05) is 6.08 Å². The van der Waals surface area contributed by atoms with Gasteiger partial charge >= 0.3 is 0 Å². The third-order valence-corrected chi connectivity index (χ3v) is 14.2. The van der Waals surface area contributed by atoms with Gasteiger partial charge in [0.05, 0.1) is 38.6 Å². The zero-order valence-corrected chi connectivity index (χ0v) is 44.1. The first-order valence-electron chi connectivity index (χ1n) is 28.1. The number of allylic oxidation sites excluding steroid dienone is 3. The van der Waals surface area contributed by atoms with Crippen molar-refractivity contribution < 1.29 is 89.4 Å². The SMILES string of the molecule is CCCCCCCC/C=C/CCCCCCCC(=O)NC(COC1OC(CO)C(OC2OC(CO)C(OC3OC(CO)C(O)C(O)C3O)C(O)C2O)C(O)C1O)C(O)/C=C/CCCCCCCCCCCCC. The van der Waals surface area contributed by atoms with E-state index in [2.05, 4.69) is 31.3 Å². The molecule has 19 heteroatoms. The average Bonchev–Trinajstić information content (AvgIpc) is 3.39. The quantitative estimate of drug-likeness (QED) is 0.0308. The maximum atomic E-state index is 13.3. The van der Waals surface area contributed by atoms with Crippen LogP contribution in [0, 0.1) is 0 Å². The monoisotopic (exact) mass is 1050 g/mol. The van der Waals surface area contributed by atoms with Gasteiger partial charge in [0, 0.05) is 6.42 Å². The van der Waals surface area contributed by atoms with Crippen LogP contribution in [0.1, 0.15) is 181 Å². The second-order valence-electron chi connectivity index (χ2n) is 20.4. The van der Waals surface area contributed by atoms with Crippen LogP contribution in [0.2, 0.25) is 0 Å². The number of aliphatic hydroxyl groups excluding tert-OH is 11. The van der Waals surface area contributed by atoms with Crippen LogP contribution in [-0.4, -0.2) is 193 Å². The molecule has 3 aliphatic rings. The van der Waals surface area contributed by atoms with Gasteiger partial charge < -0.3 is 89.9 Å². The lowest BCUT2D eigenvalue weighted by atomic mass is 9.96. The number of carbonyl (C=O) groups is 1. The fraction of sp³-hybridized carbons (Fsp3) is 0.907. The summed E-state index contributed by atoms with van der Waals surface area (Å²) >= 11 is 0. The van der Waals surface area contributed by atoms with Crippen LogP contribution >= 0.6 is 0 Å². The van der Waals surface area contributed by atoms with Gasteiger partial charge in [-0.25, -0.2) is 0 Å². The highest BCUT2D eigenvalue weighted by atomic mass is 16.8. The summed E-state index contributed by atoms with van der Waals surface area (Å²) in [5.41, 5.74) is 0. The van der Waals surface area contributed by atoms with Crippen LogP contribution < -0.4 is 5.32 Å². The van der Waals surface area contributed by atoms with Crippen molar-refractivity contribution in [1.29, 1.82) is 0 Å². The second kappa shape index (κ2) is 38.8. The number of rotatable bonds is 40. The summed E-state index contributed by atoms with van der Waals surface area (Å²) in [7, 11) is 0. The van der Waals surface area contributed by atoms with E-state index in [-0.39, 0.29) is 18.9 Å². The summed E-state index contributed by atoms with van der Waals surface area (Å²) in [4.78, 5) is 13.3. The van der Waals surface area contributed by atoms with Crippen LogP contribution in [-0.2, 0) is 33.2 Å². The number of hydrogen-bond acceptors (Lipinski definition) is 18. The van der Waals surface area contributed by atoms with Crippen molar-refractivity contribution in [1.82, 2.24) is 5.32 Å². The Balaban J connectivity index is 1.54. The standard InChI is InChI=1S/C54H99NO18/c1-3-5-7-9-11-13-15-17-18-20-22-24-26-28-30-32-42(60)55-37(38(59)31-29-27-25-23-21-19-16-14-12-10-8-6-4-2)36-68-52-48(66)45(63)50(40(34-57)70-52)73-54-49(67)46(64)51(41(35-58)71-54)72-53-47(65)44(62)43(61)39(33-56)69-53/h17-18,29,31,37-41,43-54,56-59,61-67H,3-16,19-28,30,32-36H2,1-2H3,(H,55,60)/b18-17+,31-29+. The van der Waals surface area contributed by atoms with Gasteiger partial charge in [-0.15, -0.1) is 0 Å². The van der Waals surface area contributed by atoms with Crippen molar-refractivity contribution in [3.8, 4) is 0 Å². The van der Waals surface area contributed by atoms with Crippen LogP contribution in [0.25, 0.3) is 0 Å².